The number of halogens is 1. The van der Waals surface area contributed by atoms with E-state index in [0.29, 0.717) is 23.5 Å². The molecule has 0 saturated carbocycles. The number of hydrogen-bond donors (Lipinski definition) is 1. The van der Waals surface area contributed by atoms with E-state index in [1.165, 1.54) is 12.3 Å². The molecular weight excluding hydrogens is 299 g/mol. The van der Waals surface area contributed by atoms with Crippen LogP contribution < -0.4 is 0 Å². The maximum Gasteiger partial charge on any atom is 0.323 e. The molecule has 1 aliphatic rings. The second-order valence-corrected chi connectivity index (χ2v) is 5.28. The lowest BCUT2D eigenvalue weighted by Gasteiger charge is -2.06. The van der Waals surface area contributed by atoms with Crippen molar-refractivity contribution in [2.45, 2.75) is 13.0 Å². The van der Waals surface area contributed by atoms with Crippen LogP contribution >= 0.6 is 0 Å². The number of carboxylic acids is 1. The smallest absolute Gasteiger partial charge is 0.323 e. The summed E-state index contributed by atoms with van der Waals surface area (Å²) in [5.41, 5.74) is 2.72. The van der Waals surface area contributed by atoms with Crippen LogP contribution in [0.4, 0.5) is 4.39 Å². The molecule has 3 aromatic rings. The molecule has 0 aliphatic heterocycles. The van der Waals surface area contributed by atoms with Crippen LogP contribution in [0.2, 0.25) is 0 Å². The summed E-state index contributed by atoms with van der Waals surface area (Å²) in [7, 11) is 0. The van der Waals surface area contributed by atoms with Crippen molar-refractivity contribution in [2.24, 2.45) is 0 Å². The van der Waals surface area contributed by atoms with Crippen molar-refractivity contribution < 1.29 is 14.3 Å². The zero-order valence-corrected chi connectivity index (χ0v) is 11.9. The van der Waals surface area contributed by atoms with E-state index in [2.05, 4.69) is 15.0 Å². The molecule has 0 bridgehead atoms. The van der Waals surface area contributed by atoms with Crippen molar-refractivity contribution in [3.63, 3.8) is 0 Å². The molecule has 0 radical (unpaired) electrons. The van der Waals surface area contributed by atoms with E-state index in [9.17, 15) is 9.18 Å². The maximum absolute atomic E-state index is 13.5. The number of pyridine rings is 1. The van der Waals surface area contributed by atoms with Crippen molar-refractivity contribution in [2.75, 3.05) is 0 Å². The molecule has 114 valence electrons. The minimum Gasteiger partial charge on any atom is -0.480 e. The minimum absolute atomic E-state index is 0.175. The summed E-state index contributed by atoms with van der Waals surface area (Å²) in [4.78, 5) is 23.8. The molecule has 7 heteroatoms. The van der Waals surface area contributed by atoms with Crippen molar-refractivity contribution in [3.05, 3.63) is 59.7 Å². The van der Waals surface area contributed by atoms with Gasteiger partial charge in [-0.15, -0.1) is 0 Å². The summed E-state index contributed by atoms with van der Waals surface area (Å²) in [5.74, 6) is -0.916. The fourth-order valence-corrected chi connectivity index (χ4v) is 2.76. The van der Waals surface area contributed by atoms with Gasteiger partial charge in [-0.3, -0.25) is 9.78 Å². The summed E-state index contributed by atoms with van der Waals surface area (Å²) in [6, 6.07) is 3.19. The van der Waals surface area contributed by atoms with Crippen LogP contribution in [0, 0.1) is 5.82 Å². The number of aliphatic carboxylic acids is 1. The van der Waals surface area contributed by atoms with E-state index >= 15 is 0 Å². The summed E-state index contributed by atoms with van der Waals surface area (Å²) >= 11 is 0. The van der Waals surface area contributed by atoms with Crippen molar-refractivity contribution in [1.82, 2.24) is 19.5 Å². The van der Waals surface area contributed by atoms with Gasteiger partial charge in [0, 0.05) is 35.3 Å². The molecule has 0 saturated heterocycles. The third kappa shape index (κ3) is 2.26. The van der Waals surface area contributed by atoms with Crippen molar-refractivity contribution >= 4 is 22.6 Å². The summed E-state index contributed by atoms with van der Waals surface area (Å²) in [6.45, 7) is -0.175. The molecule has 1 N–H and O–H groups in total. The van der Waals surface area contributed by atoms with E-state index in [4.69, 9.17) is 5.11 Å². The average molecular weight is 310 g/mol. The Labute approximate surface area is 129 Å². The molecule has 6 nitrogen and oxygen atoms in total. The number of aromatic nitrogens is 4. The van der Waals surface area contributed by atoms with Crippen LogP contribution in [0.5, 0.6) is 0 Å². The van der Waals surface area contributed by atoms with Gasteiger partial charge in [0.1, 0.15) is 18.0 Å². The average Bonchev–Trinajstić information content (AvgIpc) is 3.10. The van der Waals surface area contributed by atoms with Gasteiger partial charge < -0.3 is 9.67 Å². The molecule has 1 aliphatic carbocycles. The van der Waals surface area contributed by atoms with E-state index in [0.717, 1.165) is 16.7 Å². The predicted octanol–water partition coefficient (Wildman–Crippen LogP) is 2.04. The van der Waals surface area contributed by atoms with Crippen molar-refractivity contribution in [1.29, 1.82) is 0 Å². The van der Waals surface area contributed by atoms with Crippen LogP contribution in [0.25, 0.3) is 16.6 Å². The highest BCUT2D eigenvalue weighted by Gasteiger charge is 2.20. The second kappa shape index (κ2) is 4.98. The SMILES string of the molecule is O=C(O)Cn1ccc2cnc(C3=CCc4ncc(F)cc43)nc21. The van der Waals surface area contributed by atoms with E-state index in [-0.39, 0.29) is 6.54 Å². The van der Waals surface area contributed by atoms with E-state index in [1.807, 2.05) is 6.08 Å². The first-order valence-corrected chi connectivity index (χ1v) is 7.01. The standard InChI is InChI=1S/C16H11FN4O2/c17-10-5-12-11(1-2-13(12)18-7-10)15-19-6-9-3-4-21(8-14(22)23)16(9)20-15/h1,3-7H,2,8H2,(H,22,23). The monoisotopic (exact) mass is 310 g/mol. The highest BCUT2D eigenvalue weighted by molar-refractivity contribution is 5.84. The molecular formula is C16H11FN4O2. The lowest BCUT2D eigenvalue weighted by atomic mass is 10.1. The van der Waals surface area contributed by atoms with Gasteiger partial charge in [-0.2, -0.15) is 0 Å². The summed E-state index contributed by atoms with van der Waals surface area (Å²) in [6.07, 6.45) is 7.00. The van der Waals surface area contributed by atoms with Crippen LogP contribution in [0.3, 0.4) is 0 Å². The summed E-state index contributed by atoms with van der Waals surface area (Å²) in [5, 5.41) is 9.72. The largest absolute Gasteiger partial charge is 0.480 e. The number of carboxylic acid groups (broad SMARTS) is 1. The van der Waals surface area contributed by atoms with Gasteiger partial charge >= 0.3 is 5.97 Å². The number of nitrogens with zero attached hydrogens (tertiary/aromatic N) is 4. The topological polar surface area (TPSA) is 80.9 Å². The molecule has 0 amide bonds. The number of rotatable bonds is 3. The van der Waals surface area contributed by atoms with Gasteiger partial charge in [-0.05, 0) is 12.1 Å². The maximum atomic E-state index is 13.5. The van der Waals surface area contributed by atoms with Gasteiger partial charge in [0.25, 0.3) is 0 Å². The molecule has 4 rings (SSSR count). The van der Waals surface area contributed by atoms with Crippen LogP contribution in [-0.2, 0) is 17.8 Å². The third-order valence-corrected chi connectivity index (χ3v) is 3.78. The molecule has 0 atom stereocenters. The minimum atomic E-state index is -0.945. The molecule has 0 aromatic carbocycles. The number of hydrogen-bond acceptors (Lipinski definition) is 4. The molecule has 3 aromatic heterocycles. The Morgan fingerprint density at radius 1 is 1.35 bits per heavy atom. The second-order valence-electron chi connectivity index (χ2n) is 5.28. The lowest BCUT2D eigenvalue weighted by molar-refractivity contribution is -0.137. The molecule has 0 unspecified atom stereocenters. The summed E-state index contributed by atoms with van der Waals surface area (Å²) < 4.78 is 15.0. The Balaban J connectivity index is 1.82. The normalized spacial score (nSPS) is 13.2. The molecule has 23 heavy (non-hydrogen) atoms. The molecule has 0 fully saturated rings. The highest BCUT2D eigenvalue weighted by atomic mass is 19.1. The fraction of sp³-hybridized carbons (Fsp3) is 0.125. The highest BCUT2D eigenvalue weighted by Crippen LogP contribution is 2.30. The van der Waals surface area contributed by atoms with Gasteiger partial charge in [-0.1, -0.05) is 6.08 Å². The molecule has 0 spiro atoms. The van der Waals surface area contributed by atoms with E-state index < -0.39 is 11.8 Å². The quantitative estimate of drug-likeness (QED) is 0.800. The van der Waals surface area contributed by atoms with Crippen LogP contribution in [-0.4, -0.2) is 30.6 Å². The lowest BCUT2D eigenvalue weighted by Crippen LogP contribution is -2.08. The van der Waals surface area contributed by atoms with Crippen molar-refractivity contribution in [3.8, 4) is 0 Å². The molecule has 3 heterocycles. The Bertz CT molecular complexity index is 977. The number of fused-ring (bicyclic) bond motifs is 2. The first kappa shape index (κ1) is 13.6. The van der Waals surface area contributed by atoms with Crippen LogP contribution in [0.15, 0.2) is 36.8 Å². The number of allylic oxidation sites excluding steroid dienone is 1. The Morgan fingerprint density at radius 3 is 3.04 bits per heavy atom. The predicted molar refractivity (Wildman–Crippen MR) is 80.1 cm³/mol. The van der Waals surface area contributed by atoms with E-state index in [1.54, 1.807) is 23.0 Å². The Morgan fingerprint density at radius 2 is 2.22 bits per heavy atom. The third-order valence-electron chi connectivity index (χ3n) is 3.78. The first-order valence-electron chi connectivity index (χ1n) is 7.01. The zero-order valence-electron chi connectivity index (χ0n) is 11.9. The van der Waals surface area contributed by atoms with Crippen LogP contribution in [0.1, 0.15) is 17.1 Å². The zero-order chi connectivity index (χ0) is 16.0. The fourth-order valence-electron chi connectivity index (χ4n) is 2.76. The Kier molecular flexibility index (Phi) is 2.94. The Hall–Kier alpha value is -3.09. The van der Waals surface area contributed by atoms with Gasteiger partial charge in [0.15, 0.2) is 5.82 Å². The number of carbonyl (C=O) groups is 1. The first-order chi connectivity index (χ1) is 11.1. The van der Waals surface area contributed by atoms with Gasteiger partial charge in [-0.25, -0.2) is 14.4 Å². The van der Waals surface area contributed by atoms with Gasteiger partial charge in [0.05, 0.1) is 11.9 Å². The van der Waals surface area contributed by atoms with Gasteiger partial charge in [0.2, 0.25) is 0 Å².